The van der Waals surface area contributed by atoms with Crippen molar-refractivity contribution in [3.63, 3.8) is 0 Å². The lowest BCUT2D eigenvalue weighted by Gasteiger charge is -2.19. The molecule has 0 fully saturated rings. The van der Waals surface area contributed by atoms with E-state index in [4.69, 9.17) is 5.11 Å². The zero-order chi connectivity index (χ0) is 18.4. The zero-order valence-corrected chi connectivity index (χ0v) is 14.7. The Morgan fingerprint density at radius 3 is 2.48 bits per heavy atom. The van der Waals surface area contributed by atoms with Gasteiger partial charge in [0.1, 0.15) is 0 Å². The van der Waals surface area contributed by atoms with Gasteiger partial charge in [-0.1, -0.05) is 30.3 Å². The second-order valence-corrected chi connectivity index (χ2v) is 6.09. The van der Waals surface area contributed by atoms with Crippen LogP contribution in [0, 0.1) is 13.8 Å². The summed E-state index contributed by atoms with van der Waals surface area (Å²) in [6.45, 7) is 3.70. The van der Waals surface area contributed by atoms with Crippen molar-refractivity contribution >= 4 is 17.7 Å². The monoisotopic (exact) mass is 344 g/mol. The number of aryl methyl sites for hydroxylation is 2. The lowest BCUT2D eigenvalue weighted by Crippen LogP contribution is -2.39. The molecule has 0 saturated heterocycles. The predicted molar refractivity (Wildman–Crippen MR) is 95.6 cm³/mol. The molecule has 0 bridgehead atoms. The van der Waals surface area contributed by atoms with Gasteiger partial charge in [-0.3, -0.25) is 9.48 Å². The van der Waals surface area contributed by atoms with E-state index in [-0.39, 0.29) is 18.5 Å². The number of nitrogens with one attached hydrogen (secondary N) is 2. The Balaban J connectivity index is 2.04. The molecule has 134 valence electrons. The number of carboxylic acid groups (broad SMARTS) is 1. The molecule has 0 radical (unpaired) electrons. The van der Waals surface area contributed by atoms with E-state index in [2.05, 4.69) is 15.7 Å². The van der Waals surface area contributed by atoms with Crippen molar-refractivity contribution in [1.82, 2.24) is 15.1 Å². The van der Waals surface area contributed by atoms with Crippen molar-refractivity contribution in [2.45, 2.75) is 39.2 Å². The molecule has 7 heteroatoms. The number of anilines is 1. The fourth-order valence-corrected chi connectivity index (χ4v) is 2.71. The number of urea groups is 1. The lowest BCUT2D eigenvalue weighted by molar-refractivity contribution is -0.137. The Labute approximate surface area is 147 Å². The van der Waals surface area contributed by atoms with Gasteiger partial charge in [0.05, 0.1) is 17.1 Å². The Morgan fingerprint density at radius 2 is 1.92 bits per heavy atom. The molecule has 3 N–H and O–H groups in total. The highest BCUT2D eigenvalue weighted by molar-refractivity contribution is 5.90. The molecule has 1 aromatic carbocycles. The number of benzene rings is 1. The van der Waals surface area contributed by atoms with Crippen LogP contribution in [-0.4, -0.2) is 32.9 Å². The first kappa shape index (κ1) is 18.5. The van der Waals surface area contributed by atoms with Crippen LogP contribution in [-0.2, 0) is 18.3 Å². The van der Waals surface area contributed by atoms with Gasteiger partial charge >= 0.3 is 12.0 Å². The summed E-state index contributed by atoms with van der Waals surface area (Å²) < 4.78 is 1.71. The number of carboxylic acids is 1. The molecular weight excluding hydrogens is 320 g/mol. The topological polar surface area (TPSA) is 96.3 Å². The van der Waals surface area contributed by atoms with Crippen LogP contribution in [0.1, 0.15) is 29.8 Å². The fraction of sp³-hybridized carbons (Fsp3) is 0.389. The van der Waals surface area contributed by atoms with Crippen molar-refractivity contribution in [2.75, 3.05) is 5.32 Å². The molecule has 1 aromatic heterocycles. The predicted octanol–water partition coefficient (Wildman–Crippen LogP) is 2.63. The van der Waals surface area contributed by atoms with Crippen molar-refractivity contribution < 1.29 is 14.7 Å². The summed E-state index contributed by atoms with van der Waals surface area (Å²) >= 11 is 0. The Kier molecular flexibility index (Phi) is 6.16. The second kappa shape index (κ2) is 8.32. The SMILES string of the molecule is Cc1nn(C)c(C)c1NC(=O)NC(CCC(=O)O)Cc1ccccc1. The number of hydrogen-bond acceptors (Lipinski definition) is 3. The molecule has 0 aliphatic carbocycles. The summed E-state index contributed by atoms with van der Waals surface area (Å²) in [5.41, 5.74) is 3.32. The van der Waals surface area contributed by atoms with E-state index in [0.29, 0.717) is 18.5 Å². The normalized spacial score (nSPS) is 11.8. The first-order valence-electron chi connectivity index (χ1n) is 8.20. The van der Waals surface area contributed by atoms with Crippen LogP contribution in [0.3, 0.4) is 0 Å². The highest BCUT2D eigenvalue weighted by Crippen LogP contribution is 2.18. The summed E-state index contributed by atoms with van der Waals surface area (Å²) in [5, 5.41) is 18.9. The molecular formula is C18H24N4O3. The largest absolute Gasteiger partial charge is 0.481 e. The minimum atomic E-state index is -0.876. The first-order chi connectivity index (χ1) is 11.9. The standard InChI is InChI=1S/C18H24N4O3/c1-12-17(13(2)22(3)21-12)20-18(25)19-15(9-10-16(23)24)11-14-7-5-4-6-8-14/h4-8,15H,9-11H2,1-3H3,(H,23,24)(H2,19,20,25). The number of amides is 2. The van der Waals surface area contributed by atoms with Crippen LogP contribution in [0.15, 0.2) is 30.3 Å². The van der Waals surface area contributed by atoms with Gasteiger partial charge in [0.15, 0.2) is 0 Å². The number of hydrogen-bond donors (Lipinski definition) is 3. The molecule has 25 heavy (non-hydrogen) atoms. The quantitative estimate of drug-likeness (QED) is 0.719. The first-order valence-corrected chi connectivity index (χ1v) is 8.20. The van der Waals surface area contributed by atoms with Crippen LogP contribution in [0.4, 0.5) is 10.5 Å². The summed E-state index contributed by atoms with van der Waals surface area (Å²) in [7, 11) is 1.82. The van der Waals surface area contributed by atoms with Gasteiger partial charge in [0.25, 0.3) is 0 Å². The lowest BCUT2D eigenvalue weighted by atomic mass is 10.0. The molecule has 0 spiro atoms. The summed E-state index contributed by atoms with van der Waals surface area (Å²) in [6, 6.07) is 9.06. The van der Waals surface area contributed by atoms with E-state index in [1.807, 2.05) is 51.2 Å². The summed E-state index contributed by atoms with van der Waals surface area (Å²) in [4.78, 5) is 23.3. The van der Waals surface area contributed by atoms with Crippen LogP contribution in [0.25, 0.3) is 0 Å². The third-order valence-electron chi connectivity index (χ3n) is 4.11. The fourth-order valence-electron chi connectivity index (χ4n) is 2.71. The number of rotatable bonds is 7. The maximum absolute atomic E-state index is 12.4. The van der Waals surface area contributed by atoms with E-state index in [9.17, 15) is 9.59 Å². The average Bonchev–Trinajstić information content (AvgIpc) is 2.80. The third kappa shape index (κ3) is 5.34. The van der Waals surface area contributed by atoms with Crippen LogP contribution < -0.4 is 10.6 Å². The average molecular weight is 344 g/mol. The van der Waals surface area contributed by atoms with E-state index in [1.165, 1.54) is 0 Å². The van der Waals surface area contributed by atoms with Crippen molar-refractivity contribution in [3.05, 3.63) is 47.3 Å². The van der Waals surface area contributed by atoms with Gasteiger partial charge in [-0.05, 0) is 32.3 Å². The second-order valence-electron chi connectivity index (χ2n) is 6.09. The number of aliphatic carboxylic acids is 1. The number of carbonyl (C=O) groups excluding carboxylic acids is 1. The molecule has 0 aliphatic rings. The maximum atomic E-state index is 12.4. The smallest absolute Gasteiger partial charge is 0.319 e. The van der Waals surface area contributed by atoms with Gasteiger partial charge in [-0.15, -0.1) is 0 Å². The number of aromatic nitrogens is 2. The molecule has 2 amide bonds. The highest BCUT2D eigenvalue weighted by atomic mass is 16.4. The van der Waals surface area contributed by atoms with Crippen LogP contribution in [0.2, 0.25) is 0 Å². The van der Waals surface area contributed by atoms with Gasteiger partial charge in [-0.2, -0.15) is 5.10 Å². The van der Waals surface area contributed by atoms with Crippen molar-refractivity contribution in [1.29, 1.82) is 0 Å². The minimum Gasteiger partial charge on any atom is -0.481 e. The number of nitrogens with zero attached hydrogens (tertiary/aromatic N) is 2. The third-order valence-corrected chi connectivity index (χ3v) is 4.11. The molecule has 2 rings (SSSR count). The molecule has 2 aromatic rings. The summed E-state index contributed by atoms with van der Waals surface area (Å²) in [6.07, 6.45) is 0.942. The van der Waals surface area contributed by atoms with Crippen molar-refractivity contribution in [3.8, 4) is 0 Å². The Hall–Kier alpha value is -2.83. The van der Waals surface area contributed by atoms with Gasteiger partial charge in [-0.25, -0.2) is 4.79 Å². The molecule has 0 aliphatic heterocycles. The van der Waals surface area contributed by atoms with Crippen LogP contribution >= 0.6 is 0 Å². The molecule has 1 unspecified atom stereocenters. The van der Waals surface area contributed by atoms with Gasteiger partial charge in [0, 0.05) is 19.5 Å². The molecule has 7 nitrogen and oxygen atoms in total. The highest BCUT2D eigenvalue weighted by Gasteiger charge is 2.17. The Bertz CT molecular complexity index is 740. The zero-order valence-electron chi connectivity index (χ0n) is 14.7. The van der Waals surface area contributed by atoms with E-state index >= 15 is 0 Å². The number of carbonyl (C=O) groups is 2. The van der Waals surface area contributed by atoms with E-state index in [1.54, 1.807) is 4.68 Å². The van der Waals surface area contributed by atoms with Gasteiger partial charge in [0.2, 0.25) is 0 Å². The minimum absolute atomic E-state index is 0.00271. The van der Waals surface area contributed by atoms with E-state index in [0.717, 1.165) is 17.0 Å². The van der Waals surface area contributed by atoms with E-state index < -0.39 is 5.97 Å². The Morgan fingerprint density at radius 1 is 1.24 bits per heavy atom. The molecule has 1 heterocycles. The van der Waals surface area contributed by atoms with Crippen molar-refractivity contribution in [2.24, 2.45) is 7.05 Å². The van der Waals surface area contributed by atoms with Gasteiger partial charge < -0.3 is 15.7 Å². The molecule has 0 saturated carbocycles. The summed E-state index contributed by atoms with van der Waals surface area (Å²) in [5.74, 6) is -0.876. The molecule has 1 atom stereocenters. The maximum Gasteiger partial charge on any atom is 0.319 e. The van der Waals surface area contributed by atoms with Crippen LogP contribution in [0.5, 0.6) is 0 Å².